The lowest BCUT2D eigenvalue weighted by Gasteiger charge is -2.06. The van der Waals surface area contributed by atoms with Crippen LogP contribution in [0.25, 0.3) is 0 Å². The van der Waals surface area contributed by atoms with E-state index in [9.17, 15) is 0 Å². The van der Waals surface area contributed by atoms with E-state index in [0.717, 1.165) is 10.0 Å². The van der Waals surface area contributed by atoms with E-state index in [0.29, 0.717) is 25.6 Å². The minimum Gasteiger partial charge on any atom is -0.382 e. The van der Waals surface area contributed by atoms with Crippen molar-refractivity contribution in [3.05, 3.63) is 46.6 Å². The fraction of sp³-hybridized carbons (Fsp3) is 0.250. The van der Waals surface area contributed by atoms with E-state index >= 15 is 0 Å². The van der Waals surface area contributed by atoms with E-state index in [1.54, 1.807) is 10.7 Å². The molecule has 0 aliphatic carbocycles. The SMILES string of the molecule is Nc1ccn(CCOCc2ccccc2Br)n1. The summed E-state index contributed by atoms with van der Waals surface area (Å²) in [4.78, 5) is 0. The van der Waals surface area contributed by atoms with Crippen molar-refractivity contribution >= 4 is 21.7 Å². The zero-order valence-electron chi connectivity index (χ0n) is 9.34. The normalized spacial score (nSPS) is 10.6. The maximum absolute atomic E-state index is 5.58. The topological polar surface area (TPSA) is 53.1 Å². The maximum Gasteiger partial charge on any atom is 0.145 e. The summed E-state index contributed by atoms with van der Waals surface area (Å²) in [7, 11) is 0. The smallest absolute Gasteiger partial charge is 0.145 e. The fourth-order valence-corrected chi connectivity index (χ4v) is 1.86. The fourth-order valence-electron chi connectivity index (χ4n) is 1.46. The van der Waals surface area contributed by atoms with Crippen molar-refractivity contribution in [3.8, 4) is 0 Å². The molecule has 90 valence electrons. The molecule has 4 nitrogen and oxygen atoms in total. The van der Waals surface area contributed by atoms with Crippen molar-refractivity contribution in [2.24, 2.45) is 0 Å². The summed E-state index contributed by atoms with van der Waals surface area (Å²) in [6, 6.07) is 9.80. The minimum absolute atomic E-state index is 0.538. The van der Waals surface area contributed by atoms with E-state index in [1.165, 1.54) is 0 Å². The second-order valence-electron chi connectivity index (χ2n) is 3.65. The summed E-state index contributed by atoms with van der Waals surface area (Å²) in [6.45, 7) is 1.92. The monoisotopic (exact) mass is 295 g/mol. The van der Waals surface area contributed by atoms with E-state index in [-0.39, 0.29) is 0 Å². The number of rotatable bonds is 5. The Kier molecular flexibility index (Phi) is 4.17. The molecule has 0 unspecified atom stereocenters. The van der Waals surface area contributed by atoms with Gasteiger partial charge in [0.15, 0.2) is 0 Å². The molecule has 2 rings (SSSR count). The highest BCUT2D eigenvalue weighted by Gasteiger charge is 1.99. The van der Waals surface area contributed by atoms with Gasteiger partial charge in [0, 0.05) is 10.7 Å². The molecular weight excluding hydrogens is 282 g/mol. The number of halogens is 1. The lowest BCUT2D eigenvalue weighted by atomic mass is 10.2. The summed E-state index contributed by atoms with van der Waals surface area (Å²) >= 11 is 3.48. The van der Waals surface area contributed by atoms with Crippen LogP contribution in [0.4, 0.5) is 5.82 Å². The number of nitrogens with two attached hydrogens (primary N) is 1. The number of nitrogens with zero attached hydrogens (tertiary/aromatic N) is 2. The van der Waals surface area contributed by atoms with Gasteiger partial charge in [-0.2, -0.15) is 5.10 Å². The second kappa shape index (κ2) is 5.84. The first-order chi connectivity index (χ1) is 8.25. The predicted octanol–water partition coefficient (Wildman–Crippen LogP) is 2.44. The first kappa shape index (κ1) is 12.1. The lowest BCUT2D eigenvalue weighted by Crippen LogP contribution is -2.07. The Bertz CT molecular complexity index is 484. The quantitative estimate of drug-likeness (QED) is 0.862. The number of hydrogen-bond donors (Lipinski definition) is 1. The van der Waals surface area contributed by atoms with Crippen molar-refractivity contribution < 1.29 is 4.74 Å². The summed E-state index contributed by atoms with van der Waals surface area (Å²) < 4.78 is 8.43. The molecule has 0 aliphatic rings. The zero-order chi connectivity index (χ0) is 12.1. The summed E-state index contributed by atoms with van der Waals surface area (Å²) in [5.74, 6) is 0.538. The van der Waals surface area contributed by atoms with Crippen LogP contribution in [0.3, 0.4) is 0 Å². The lowest BCUT2D eigenvalue weighted by molar-refractivity contribution is 0.110. The molecule has 5 heteroatoms. The van der Waals surface area contributed by atoms with Crippen LogP contribution in [0.2, 0.25) is 0 Å². The third-order valence-electron chi connectivity index (χ3n) is 2.34. The highest BCUT2D eigenvalue weighted by molar-refractivity contribution is 9.10. The van der Waals surface area contributed by atoms with Crippen LogP contribution >= 0.6 is 15.9 Å². The van der Waals surface area contributed by atoms with Crippen LogP contribution in [0.5, 0.6) is 0 Å². The first-order valence-electron chi connectivity index (χ1n) is 5.36. The zero-order valence-corrected chi connectivity index (χ0v) is 10.9. The molecule has 0 atom stereocenters. The molecule has 1 aromatic carbocycles. The van der Waals surface area contributed by atoms with Gasteiger partial charge in [0.2, 0.25) is 0 Å². The Labute approximate surface area is 109 Å². The molecule has 2 N–H and O–H groups in total. The molecule has 0 saturated heterocycles. The third-order valence-corrected chi connectivity index (χ3v) is 3.12. The van der Waals surface area contributed by atoms with Gasteiger partial charge < -0.3 is 10.5 Å². The number of nitrogen functional groups attached to an aromatic ring is 1. The van der Waals surface area contributed by atoms with Crippen molar-refractivity contribution in [1.82, 2.24) is 9.78 Å². The van der Waals surface area contributed by atoms with Crippen LogP contribution in [0.15, 0.2) is 41.0 Å². The van der Waals surface area contributed by atoms with Gasteiger partial charge in [-0.25, -0.2) is 0 Å². The van der Waals surface area contributed by atoms with Crippen LogP contribution in [0.1, 0.15) is 5.56 Å². The molecule has 0 aliphatic heterocycles. The van der Waals surface area contributed by atoms with Gasteiger partial charge in [0.25, 0.3) is 0 Å². The van der Waals surface area contributed by atoms with Gasteiger partial charge in [0.1, 0.15) is 5.82 Å². The number of aromatic nitrogens is 2. The van der Waals surface area contributed by atoms with Crippen molar-refractivity contribution in [2.75, 3.05) is 12.3 Å². The highest BCUT2D eigenvalue weighted by Crippen LogP contribution is 2.16. The molecule has 0 spiro atoms. The van der Waals surface area contributed by atoms with Gasteiger partial charge in [-0.15, -0.1) is 0 Å². The Balaban J connectivity index is 1.75. The predicted molar refractivity (Wildman–Crippen MR) is 70.4 cm³/mol. The van der Waals surface area contributed by atoms with E-state index < -0.39 is 0 Å². The standard InChI is InChI=1S/C12H14BrN3O/c13-11-4-2-1-3-10(11)9-17-8-7-16-6-5-12(14)15-16/h1-6H,7-9H2,(H2,14,15). The molecular formula is C12H14BrN3O. The molecule has 0 fully saturated rings. The van der Waals surface area contributed by atoms with Crippen LogP contribution in [-0.2, 0) is 17.9 Å². The number of benzene rings is 1. The van der Waals surface area contributed by atoms with Gasteiger partial charge in [0.05, 0.1) is 19.8 Å². The van der Waals surface area contributed by atoms with Crippen molar-refractivity contribution in [1.29, 1.82) is 0 Å². The molecule has 17 heavy (non-hydrogen) atoms. The Morgan fingerprint density at radius 3 is 2.82 bits per heavy atom. The largest absolute Gasteiger partial charge is 0.382 e. The summed E-state index contributed by atoms with van der Waals surface area (Å²) in [5, 5.41) is 4.08. The number of anilines is 1. The van der Waals surface area contributed by atoms with Gasteiger partial charge in [-0.1, -0.05) is 34.1 Å². The molecule has 1 aromatic heterocycles. The molecule has 0 radical (unpaired) electrons. The van der Waals surface area contributed by atoms with Gasteiger partial charge >= 0.3 is 0 Å². The summed E-state index contributed by atoms with van der Waals surface area (Å²) in [5.41, 5.74) is 6.66. The second-order valence-corrected chi connectivity index (χ2v) is 4.50. The van der Waals surface area contributed by atoms with Crippen molar-refractivity contribution in [2.45, 2.75) is 13.2 Å². The highest BCUT2D eigenvalue weighted by atomic mass is 79.9. The number of ether oxygens (including phenoxy) is 1. The molecule has 0 amide bonds. The average molecular weight is 296 g/mol. The van der Waals surface area contributed by atoms with Crippen LogP contribution < -0.4 is 5.73 Å². The van der Waals surface area contributed by atoms with Gasteiger partial charge in [-0.3, -0.25) is 4.68 Å². The Hall–Kier alpha value is -1.33. The van der Waals surface area contributed by atoms with Gasteiger partial charge in [-0.05, 0) is 17.7 Å². The van der Waals surface area contributed by atoms with Crippen LogP contribution in [-0.4, -0.2) is 16.4 Å². The molecule has 2 aromatic rings. The van der Waals surface area contributed by atoms with E-state index in [1.807, 2.05) is 30.5 Å². The van der Waals surface area contributed by atoms with E-state index in [4.69, 9.17) is 10.5 Å². The first-order valence-corrected chi connectivity index (χ1v) is 6.15. The Morgan fingerprint density at radius 2 is 2.12 bits per heavy atom. The number of hydrogen-bond acceptors (Lipinski definition) is 3. The minimum atomic E-state index is 0.538. The van der Waals surface area contributed by atoms with E-state index in [2.05, 4.69) is 21.0 Å². The molecule has 0 bridgehead atoms. The molecule has 0 saturated carbocycles. The van der Waals surface area contributed by atoms with Crippen molar-refractivity contribution in [3.63, 3.8) is 0 Å². The average Bonchev–Trinajstić information content (AvgIpc) is 2.73. The maximum atomic E-state index is 5.58. The summed E-state index contributed by atoms with van der Waals surface area (Å²) in [6.07, 6.45) is 1.84. The molecule has 1 heterocycles. The third kappa shape index (κ3) is 3.57. The van der Waals surface area contributed by atoms with Crippen LogP contribution in [0, 0.1) is 0 Å². The Morgan fingerprint density at radius 1 is 1.29 bits per heavy atom.